The second-order valence-corrected chi connectivity index (χ2v) is 16.1. The van der Waals surface area contributed by atoms with Crippen molar-refractivity contribution in [3.8, 4) is 0 Å². The van der Waals surface area contributed by atoms with E-state index < -0.39 is 13.9 Å². The van der Waals surface area contributed by atoms with Crippen LogP contribution >= 0.6 is 7.82 Å². The zero-order valence-corrected chi connectivity index (χ0v) is 33.1. The summed E-state index contributed by atoms with van der Waals surface area (Å²) in [6.07, 6.45) is 33.8. The summed E-state index contributed by atoms with van der Waals surface area (Å²) < 4.78 is 34.3. The highest BCUT2D eigenvalue weighted by molar-refractivity contribution is 7.45. The quantitative estimate of drug-likeness (QED) is 0.0209. The number of phosphoric ester groups is 1. The summed E-state index contributed by atoms with van der Waals surface area (Å²) in [6, 6.07) is 0. The Labute approximate surface area is 297 Å². The summed E-state index contributed by atoms with van der Waals surface area (Å²) >= 11 is 0. The predicted molar refractivity (Wildman–Crippen MR) is 199 cm³/mol. The Bertz CT molecular complexity index is 787. The summed E-state index contributed by atoms with van der Waals surface area (Å²) in [5.74, 6) is -0.341. The number of esters is 1. The van der Waals surface area contributed by atoms with Crippen LogP contribution in [0, 0.1) is 0 Å². The fourth-order valence-electron chi connectivity index (χ4n) is 5.42. The molecule has 0 fully saturated rings. The van der Waals surface area contributed by atoms with E-state index >= 15 is 0 Å². The van der Waals surface area contributed by atoms with Gasteiger partial charge in [0.15, 0.2) is 0 Å². The number of likely N-dealkylation sites (N-methyl/N-ethyl adjacent to an activating group) is 1. The number of hydrogen-bond donors (Lipinski definition) is 0. The smallest absolute Gasteiger partial charge is 0.306 e. The predicted octanol–water partition coefficient (Wildman–Crippen LogP) is 10.5. The summed E-state index contributed by atoms with van der Waals surface area (Å²) in [5, 5.41) is 0. The lowest BCUT2D eigenvalue weighted by molar-refractivity contribution is -0.870. The number of rotatable bonds is 37. The minimum atomic E-state index is -4.51. The minimum Gasteiger partial charge on any atom is -0.756 e. The zero-order chi connectivity index (χ0) is 35.6. The fraction of sp³-hybridized carbons (Fsp3) is 0.923. The van der Waals surface area contributed by atoms with E-state index in [0.29, 0.717) is 24.1 Å². The SMILES string of the molecule is CCCCCCCCC/C=C\CCCCCCCCCCOCC(COP(=O)([O-])OCC[N+](C)(C)C)OC(=O)CCCCCCCCC. The van der Waals surface area contributed by atoms with E-state index in [1.807, 2.05) is 21.1 Å². The largest absolute Gasteiger partial charge is 0.756 e. The van der Waals surface area contributed by atoms with Gasteiger partial charge in [-0.05, 0) is 38.5 Å². The third-order valence-electron chi connectivity index (χ3n) is 8.57. The number of hydrogen-bond acceptors (Lipinski definition) is 7. The van der Waals surface area contributed by atoms with Crippen LogP contribution in [0.1, 0.15) is 174 Å². The molecule has 0 aromatic carbocycles. The summed E-state index contributed by atoms with van der Waals surface area (Å²) in [6.45, 7) is 5.37. The molecule has 0 aliphatic rings. The van der Waals surface area contributed by atoms with Crippen LogP contribution in [-0.2, 0) is 27.9 Å². The average molecular weight is 704 g/mol. The van der Waals surface area contributed by atoms with Crippen LogP contribution in [0.3, 0.4) is 0 Å². The molecule has 0 aliphatic heterocycles. The van der Waals surface area contributed by atoms with E-state index in [-0.39, 0.29) is 25.8 Å². The first-order valence-electron chi connectivity index (χ1n) is 19.9. The highest BCUT2D eigenvalue weighted by Gasteiger charge is 2.20. The molecule has 0 aliphatic carbocycles. The topological polar surface area (TPSA) is 94.1 Å². The van der Waals surface area contributed by atoms with E-state index in [1.54, 1.807) is 0 Å². The van der Waals surface area contributed by atoms with Crippen molar-refractivity contribution in [3.63, 3.8) is 0 Å². The molecule has 0 N–H and O–H groups in total. The Morgan fingerprint density at radius 2 is 1.08 bits per heavy atom. The maximum Gasteiger partial charge on any atom is 0.306 e. The van der Waals surface area contributed by atoms with Gasteiger partial charge >= 0.3 is 5.97 Å². The zero-order valence-electron chi connectivity index (χ0n) is 32.2. The Morgan fingerprint density at radius 3 is 1.58 bits per heavy atom. The summed E-state index contributed by atoms with van der Waals surface area (Å²) in [7, 11) is 1.36. The average Bonchev–Trinajstić information content (AvgIpc) is 3.03. The van der Waals surface area contributed by atoms with Crippen LogP contribution in [-0.4, -0.2) is 70.7 Å². The number of carbonyl (C=O) groups excluding carboxylic acids is 1. The summed E-state index contributed by atoms with van der Waals surface area (Å²) in [5.41, 5.74) is 0. The van der Waals surface area contributed by atoms with Crippen LogP contribution in [0.2, 0.25) is 0 Å². The standard InChI is InChI=1S/C39H78NO7P/c1-6-8-10-12-14-15-16-17-18-19-20-21-22-23-24-25-27-29-31-34-44-36-38(37-46-48(42,43)45-35-33-40(3,4)5)47-39(41)32-30-28-26-13-11-9-7-2/h18-19,38H,6-17,20-37H2,1-5H3/b19-18-. The number of quaternary nitrogens is 1. The minimum absolute atomic E-state index is 0.0280. The number of phosphoric acid groups is 1. The first-order chi connectivity index (χ1) is 23.1. The highest BCUT2D eigenvalue weighted by Crippen LogP contribution is 2.38. The highest BCUT2D eigenvalue weighted by atomic mass is 31.2. The molecule has 0 bridgehead atoms. The van der Waals surface area contributed by atoms with Crippen LogP contribution in [0.25, 0.3) is 0 Å². The van der Waals surface area contributed by atoms with E-state index in [4.69, 9.17) is 18.5 Å². The number of carbonyl (C=O) groups is 1. The van der Waals surface area contributed by atoms with Gasteiger partial charge in [0, 0.05) is 13.0 Å². The lowest BCUT2D eigenvalue weighted by atomic mass is 10.1. The van der Waals surface area contributed by atoms with Gasteiger partial charge in [-0.2, -0.15) is 0 Å². The Hall–Kier alpha value is -0.760. The van der Waals surface area contributed by atoms with E-state index in [1.165, 1.54) is 122 Å². The Morgan fingerprint density at radius 1 is 0.625 bits per heavy atom. The van der Waals surface area contributed by atoms with Crippen LogP contribution in [0.15, 0.2) is 12.2 Å². The Kier molecular flexibility index (Phi) is 32.9. The van der Waals surface area contributed by atoms with Gasteiger partial charge in [0.2, 0.25) is 0 Å². The molecule has 0 spiro atoms. The molecular formula is C39H78NO7P. The van der Waals surface area contributed by atoms with Crippen LogP contribution < -0.4 is 4.89 Å². The van der Waals surface area contributed by atoms with Crippen LogP contribution in [0.4, 0.5) is 0 Å². The molecule has 0 aromatic rings. The van der Waals surface area contributed by atoms with Gasteiger partial charge < -0.3 is 27.9 Å². The van der Waals surface area contributed by atoms with Gasteiger partial charge in [-0.1, -0.05) is 142 Å². The number of ether oxygens (including phenoxy) is 2. The second kappa shape index (κ2) is 33.4. The summed E-state index contributed by atoms with van der Waals surface area (Å²) in [4.78, 5) is 24.8. The maximum atomic E-state index is 12.5. The molecule has 0 heterocycles. The molecule has 0 rings (SSSR count). The lowest BCUT2D eigenvalue weighted by Crippen LogP contribution is -2.37. The van der Waals surface area contributed by atoms with Gasteiger partial charge in [0.1, 0.15) is 19.3 Å². The molecule has 9 heteroatoms. The molecule has 48 heavy (non-hydrogen) atoms. The third-order valence-corrected chi connectivity index (χ3v) is 9.53. The molecule has 2 atom stereocenters. The normalized spacial score (nSPS) is 14.0. The molecule has 0 amide bonds. The molecular weight excluding hydrogens is 625 g/mol. The van der Waals surface area contributed by atoms with Gasteiger partial charge in [0.25, 0.3) is 7.82 Å². The van der Waals surface area contributed by atoms with Crippen LogP contribution in [0.5, 0.6) is 0 Å². The Balaban J connectivity index is 4.11. The number of nitrogens with zero attached hydrogens (tertiary/aromatic N) is 1. The molecule has 0 saturated carbocycles. The van der Waals surface area contributed by atoms with E-state index in [0.717, 1.165) is 32.1 Å². The van der Waals surface area contributed by atoms with Crippen molar-refractivity contribution >= 4 is 13.8 Å². The maximum absolute atomic E-state index is 12.5. The molecule has 0 aromatic heterocycles. The van der Waals surface area contributed by atoms with E-state index in [2.05, 4.69) is 26.0 Å². The monoisotopic (exact) mass is 704 g/mol. The molecule has 2 unspecified atom stereocenters. The van der Waals surface area contributed by atoms with Crippen molar-refractivity contribution in [1.29, 1.82) is 0 Å². The van der Waals surface area contributed by atoms with Crippen molar-refractivity contribution in [2.45, 2.75) is 180 Å². The van der Waals surface area contributed by atoms with Gasteiger partial charge in [-0.3, -0.25) is 9.36 Å². The lowest BCUT2D eigenvalue weighted by Gasteiger charge is -2.28. The first kappa shape index (κ1) is 47.2. The van der Waals surface area contributed by atoms with Gasteiger partial charge in [-0.25, -0.2) is 0 Å². The van der Waals surface area contributed by atoms with E-state index in [9.17, 15) is 14.3 Å². The number of unbranched alkanes of at least 4 members (excludes halogenated alkanes) is 21. The van der Waals surface area contributed by atoms with Crippen molar-refractivity contribution in [1.82, 2.24) is 0 Å². The molecule has 0 radical (unpaired) electrons. The third kappa shape index (κ3) is 36.5. The molecule has 8 nitrogen and oxygen atoms in total. The second-order valence-electron chi connectivity index (χ2n) is 14.6. The van der Waals surface area contributed by atoms with Gasteiger partial charge in [-0.15, -0.1) is 0 Å². The number of allylic oxidation sites excluding steroid dienone is 2. The first-order valence-corrected chi connectivity index (χ1v) is 21.4. The van der Waals surface area contributed by atoms with Crippen molar-refractivity contribution < 1.29 is 37.3 Å². The van der Waals surface area contributed by atoms with Crippen molar-refractivity contribution in [2.24, 2.45) is 0 Å². The van der Waals surface area contributed by atoms with Crippen molar-refractivity contribution in [3.05, 3.63) is 12.2 Å². The molecule has 286 valence electrons. The fourth-order valence-corrected chi connectivity index (χ4v) is 6.15. The molecule has 0 saturated heterocycles. The van der Waals surface area contributed by atoms with Gasteiger partial charge in [0.05, 0.1) is 34.4 Å². The van der Waals surface area contributed by atoms with Crippen molar-refractivity contribution in [2.75, 3.05) is 54.1 Å².